The van der Waals surface area contributed by atoms with Gasteiger partial charge in [0.15, 0.2) is 0 Å². The van der Waals surface area contributed by atoms with Gasteiger partial charge in [-0.2, -0.15) is 0 Å². The van der Waals surface area contributed by atoms with E-state index >= 15 is 0 Å². The number of rotatable bonds is 4. The molecular formula is C18H20O3P2S. The van der Waals surface area contributed by atoms with Crippen molar-refractivity contribution in [3.63, 3.8) is 0 Å². The van der Waals surface area contributed by atoms with Crippen LogP contribution in [0.1, 0.15) is 0 Å². The van der Waals surface area contributed by atoms with Gasteiger partial charge in [0, 0.05) is 0 Å². The summed E-state index contributed by atoms with van der Waals surface area (Å²) < 4.78 is 0. The maximum absolute atomic E-state index is 9.98. The molecule has 0 aliphatic rings. The molecule has 0 amide bonds. The molecule has 0 saturated carbocycles. The van der Waals surface area contributed by atoms with Gasteiger partial charge in [-0.3, -0.25) is 0 Å². The van der Waals surface area contributed by atoms with Crippen molar-refractivity contribution < 1.29 is 14.7 Å². The molecule has 0 aliphatic heterocycles. The van der Waals surface area contributed by atoms with Gasteiger partial charge in [0.2, 0.25) is 0 Å². The van der Waals surface area contributed by atoms with Crippen LogP contribution in [-0.2, 0) is 10.6 Å². The van der Waals surface area contributed by atoms with E-state index in [4.69, 9.17) is 0 Å². The molecule has 3 rings (SSSR count). The summed E-state index contributed by atoms with van der Waals surface area (Å²) >= 11 is 0. The molecular weight excluding hydrogens is 358 g/mol. The van der Waals surface area contributed by atoms with Gasteiger partial charge >= 0.3 is 145 Å². The van der Waals surface area contributed by atoms with Crippen LogP contribution in [0, 0.1) is 0 Å². The maximum atomic E-state index is 9.98. The summed E-state index contributed by atoms with van der Waals surface area (Å²) in [5.74, 6) is 0. The van der Waals surface area contributed by atoms with Gasteiger partial charge in [-0.05, 0) is 0 Å². The first kappa shape index (κ1) is 17.6. The topological polar surface area (TPSA) is 60.7 Å². The van der Waals surface area contributed by atoms with E-state index in [0.29, 0.717) is 0 Å². The average molecular weight is 378 g/mol. The Labute approximate surface area is 145 Å². The van der Waals surface area contributed by atoms with Gasteiger partial charge in [-0.1, -0.05) is 0 Å². The third-order valence-corrected chi connectivity index (χ3v) is 17.1. The molecule has 24 heavy (non-hydrogen) atoms. The second-order valence-electron chi connectivity index (χ2n) is 5.45. The van der Waals surface area contributed by atoms with Crippen LogP contribution in [0.25, 0.3) is 0 Å². The quantitative estimate of drug-likeness (QED) is 0.415. The van der Waals surface area contributed by atoms with Crippen LogP contribution in [0.15, 0.2) is 91.0 Å². The summed E-state index contributed by atoms with van der Waals surface area (Å²) in [4.78, 5) is 29.9. The Hall–Kier alpha value is -1.25. The third-order valence-electron chi connectivity index (χ3n) is 3.86. The van der Waals surface area contributed by atoms with E-state index in [9.17, 15) is 14.7 Å². The summed E-state index contributed by atoms with van der Waals surface area (Å²) in [6.07, 6.45) is 0. The number of hydrogen-bond acceptors (Lipinski definition) is 0. The predicted octanol–water partition coefficient (Wildman–Crippen LogP) is 2.10. The minimum atomic E-state index is -4.00. The van der Waals surface area contributed by atoms with Crippen LogP contribution in [0.4, 0.5) is 0 Å². The van der Waals surface area contributed by atoms with Crippen LogP contribution in [0.3, 0.4) is 0 Å². The van der Waals surface area contributed by atoms with Crippen LogP contribution < -0.4 is 15.9 Å². The molecule has 0 fully saturated rings. The zero-order chi connectivity index (χ0) is 17.0. The van der Waals surface area contributed by atoms with Gasteiger partial charge < -0.3 is 0 Å². The average Bonchev–Trinajstić information content (AvgIpc) is 2.61. The fraction of sp³-hybridized carbons (Fsp3) is 0. The normalized spacial score (nSPS) is 12.8. The summed E-state index contributed by atoms with van der Waals surface area (Å²) in [5, 5.41) is 3.10. The standard InChI is InChI=1S/C18H20O3P2S/c19-23(20,21)24-22(16-10-4-1-5-11-16,17-12-6-2-7-13-17)18-14-8-3-9-15-18/h1-15,19-22,24H. The second kappa shape index (κ2) is 7.33. The Balaban J connectivity index is 2.42. The molecule has 0 unspecified atom stereocenters. The van der Waals surface area contributed by atoms with E-state index in [2.05, 4.69) is 0 Å². The van der Waals surface area contributed by atoms with Crippen LogP contribution in [0.5, 0.6) is 0 Å². The van der Waals surface area contributed by atoms with Crippen molar-refractivity contribution in [2.24, 2.45) is 0 Å². The fourth-order valence-electron chi connectivity index (χ4n) is 2.91. The van der Waals surface area contributed by atoms with Crippen LogP contribution in [-0.4, -0.2) is 14.7 Å². The molecule has 0 saturated heterocycles. The minimum absolute atomic E-state index is 0.289. The monoisotopic (exact) mass is 378 g/mol. The summed E-state index contributed by atoms with van der Waals surface area (Å²) in [6, 6.07) is 29.6. The Bertz CT molecular complexity index is 744. The van der Waals surface area contributed by atoms with Crippen molar-refractivity contribution in [3.8, 4) is 0 Å². The molecule has 0 radical (unpaired) electrons. The molecule has 0 heterocycles. The van der Waals surface area contributed by atoms with Crippen molar-refractivity contribution in [2.75, 3.05) is 0 Å². The van der Waals surface area contributed by atoms with Gasteiger partial charge in [0.05, 0.1) is 0 Å². The van der Waals surface area contributed by atoms with Gasteiger partial charge in [-0.25, -0.2) is 0 Å². The van der Waals surface area contributed by atoms with E-state index in [1.807, 2.05) is 91.0 Å². The van der Waals surface area contributed by atoms with Crippen molar-refractivity contribution in [1.82, 2.24) is 0 Å². The first-order valence-corrected chi connectivity index (χ1v) is 13.6. The zero-order valence-corrected chi connectivity index (χ0v) is 15.7. The molecule has 3 aromatic rings. The number of benzene rings is 3. The Morgan fingerprint density at radius 2 is 0.833 bits per heavy atom. The summed E-state index contributed by atoms with van der Waals surface area (Å²) in [5.41, 5.74) is 0. The SMILES string of the molecule is OP(O)(O)=[SH][PH](c1ccccc1)(c1ccccc1)c1ccccc1. The van der Waals surface area contributed by atoms with Crippen LogP contribution >= 0.6 is 13.2 Å². The van der Waals surface area contributed by atoms with E-state index in [-0.39, 0.29) is 10.6 Å². The van der Waals surface area contributed by atoms with E-state index < -0.39 is 13.2 Å². The Kier molecular flexibility index (Phi) is 5.36. The molecule has 0 spiro atoms. The first-order chi connectivity index (χ1) is 11.5. The van der Waals surface area contributed by atoms with Crippen molar-refractivity contribution >= 4 is 39.7 Å². The van der Waals surface area contributed by atoms with E-state index in [1.165, 1.54) is 0 Å². The second-order valence-corrected chi connectivity index (χ2v) is 15.9. The van der Waals surface area contributed by atoms with E-state index in [1.54, 1.807) is 0 Å². The van der Waals surface area contributed by atoms with Crippen molar-refractivity contribution in [2.45, 2.75) is 0 Å². The van der Waals surface area contributed by atoms with Crippen molar-refractivity contribution in [3.05, 3.63) is 91.0 Å². The Morgan fingerprint density at radius 1 is 0.542 bits per heavy atom. The molecule has 0 aromatic heterocycles. The molecule has 0 aliphatic carbocycles. The number of hydrogen-bond donors (Lipinski definition) is 4. The number of thiol groups is 1. The van der Waals surface area contributed by atoms with Gasteiger partial charge in [-0.15, -0.1) is 0 Å². The van der Waals surface area contributed by atoms with Crippen molar-refractivity contribution in [1.29, 1.82) is 0 Å². The first-order valence-electron chi connectivity index (χ1n) is 7.51. The van der Waals surface area contributed by atoms with Gasteiger partial charge in [0.1, 0.15) is 0 Å². The van der Waals surface area contributed by atoms with Crippen LogP contribution in [0.2, 0.25) is 0 Å². The summed E-state index contributed by atoms with van der Waals surface area (Å²) in [7, 11) is 0.289. The Morgan fingerprint density at radius 3 is 1.08 bits per heavy atom. The molecule has 126 valence electrons. The molecule has 3 aromatic carbocycles. The van der Waals surface area contributed by atoms with Gasteiger partial charge in [0.25, 0.3) is 0 Å². The summed E-state index contributed by atoms with van der Waals surface area (Å²) in [6.45, 7) is -6.79. The zero-order valence-electron chi connectivity index (χ0n) is 12.9. The third kappa shape index (κ3) is 3.70. The van der Waals surface area contributed by atoms with E-state index in [0.717, 1.165) is 15.9 Å². The fourth-order valence-corrected chi connectivity index (χ4v) is 17.0. The molecule has 6 heteroatoms. The molecule has 3 nitrogen and oxygen atoms in total. The molecule has 3 N–H and O–H groups in total. The molecule has 0 bridgehead atoms. The predicted molar refractivity (Wildman–Crippen MR) is 109 cm³/mol. The molecule has 0 atom stereocenters.